The quantitative estimate of drug-likeness (QED) is 0.810. The second-order valence-corrected chi connectivity index (χ2v) is 7.20. The van der Waals surface area contributed by atoms with Gasteiger partial charge in [-0.1, -0.05) is 13.3 Å². The molecule has 2 atom stereocenters. The maximum absolute atomic E-state index is 12.3. The number of H-pyrrole nitrogens is 1. The molecule has 7 nitrogen and oxygen atoms in total. The number of nitrogens with zero attached hydrogens (tertiary/aromatic N) is 4. The fourth-order valence-electron chi connectivity index (χ4n) is 3.76. The monoisotopic (exact) mass is 335 g/mol. The maximum Gasteiger partial charge on any atom is 0.274 e. The van der Waals surface area contributed by atoms with Crippen LogP contribution in [-0.2, 0) is 13.0 Å². The molecular formula is C17H29N5O2. The minimum Gasteiger partial charge on any atom is -0.390 e. The molecular weight excluding hydrogens is 306 g/mol. The molecule has 0 radical (unpaired) electrons. The third-order valence-corrected chi connectivity index (χ3v) is 5.20. The molecule has 2 N–H and O–H groups in total. The highest BCUT2D eigenvalue weighted by Gasteiger charge is 2.37. The molecule has 3 rings (SSSR count). The smallest absolute Gasteiger partial charge is 0.274 e. The number of nitrogens with one attached hydrogen (secondary N) is 1. The molecule has 1 amide bonds. The van der Waals surface area contributed by atoms with Crippen LogP contribution < -0.4 is 0 Å². The zero-order valence-electron chi connectivity index (χ0n) is 15.0. The van der Waals surface area contributed by atoms with Gasteiger partial charge in [-0.2, -0.15) is 5.10 Å². The first-order valence-electron chi connectivity index (χ1n) is 8.93. The minimum absolute atomic E-state index is 0.0640. The molecule has 0 aromatic carbocycles. The van der Waals surface area contributed by atoms with E-state index in [2.05, 4.69) is 26.9 Å². The van der Waals surface area contributed by atoms with Gasteiger partial charge in [-0.3, -0.25) is 19.7 Å². The zero-order valence-corrected chi connectivity index (χ0v) is 15.0. The highest BCUT2D eigenvalue weighted by Crippen LogP contribution is 2.26. The Labute approximate surface area is 143 Å². The number of likely N-dealkylation sites (tertiary alicyclic amines) is 1. The van der Waals surface area contributed by atoms with Crippen molar-refractivity contribution in [3.63, 3.8) is 0 Å². The van der Waals surface area contributed by atoms with Crippen LogP contribution in [0, 0.1) is 0 Å². The van der Waals surface area contributed by atoms with Gasteiger partial charge in [0.2, 0.25) is 0 Å². The first-order valence-corrected chi connectivity index (χ1v) is 8.93. The van der Waals surface area contributed by atoms with Crippen LogP contribution in [0.1, 0.15) is 41.5 Å². The van der Waals surface area contributed by atoms with Crippen molar-refractivity contribution in [2.75, 3.05) is 40.3 Å². The number of aromatic nitrogens is 2. The fraction of sp³-hybridized carbons (Fsp3) is 0.765. The van der Waals surface area contributed by atoms with Gasteiger partial charge in [0, 0.05) is 64.0 Å². The van der Waals surface area contributed by atoms with E-state index in [0.717, 1.165) is 43.9 Å². The maximum atomic E-state index is 12.3. The van der Waals surface area contributed by atoms with Crippen LogP contribution >= 0.6 is 0 Å². The summed E-state index contributed by atoms with van der Waals surface area (Å²) in [6.07, 6.45) is 2.88. The number of β-amino-alcohol motifs (C(OH)–C–C–N with tert-alkyl or cyclic N) is 1. The number of rotatable bonds is 5. The standard InChI is InChI=1S/C17H29N5O2/c1-4-5-7-21-10-14(15(23)11-21)22-8-6-13-12(9-22)16(19-18-13)17(24)20(2)3/h14-15,23H,4-11H2,1-3H3,(H,18,19)/t14-,15-/m0/s1. The lowest BCUT2D eigenvalue weighted by atomic mass is 10.0. The van der Waals surface area contributed by atoms with Crippen LogP contribution in [-0.4, -0.2) is 88.3 Å². The van der Waals surface area contributed by atoms with Crippen LogP contribution in [0.2, 0.25) is 0 Å². The minimum atomic E-state index is -0.316. The van der Waals surface area contributed by atoms with Crippen molar-refractivity contribution < 1.29 is 9.90 Å². The summed E-state index contributed by atoms with van der Waals surface area (Å²) in [5.41, 5.74) is 2.58. The molecule has 1 saturated heterocycles. The summed E-state index contributed by atoms with van der Waals surface area (Å²) in [6.45, 7) is 6.49. The Hall–Kier alpha value is -1.44. The van der Waals surface area contributed by atoms with Gasteiger partial charge in [-0.05, 0) is 13.0 Å². The van der Waals surface area contributed by atoms with E-state index in [1.807, 2.05) is 0 Å². The van der Waals surface area contributed by atoms with Crippen molar-refractivity contribution in [1.82, 2.24) is 24.9 Å². The number of fused-ring (bicyclic) bond motifs is 1. The number of aliphatic hydroxyl groups excluding tert-OH is 1. The molecule has 2 aliphatic heterocycles. The Morgan fingerprint density at radius 2 is 2.21 bits per heavy atom. The lowest BCUT2D eigenvalue weighted by Crippen LogP contribution is -2.46. The summed E-state index contributed by atoms with van der Waals surface area (Å²) >= 11 is 0. The second-order valence-electron chi connectivity index (χ2n) is 7.20. The Morgan fingerprint density at radius 3 is 2.92 bits per heavy atom. The first kappa shape index (κ1) is 17.4. The van der Waals surface area contributed by atoms with Crippen molar-refractivity contribution in [3.8, 4) is 0 Å². The van der Waals surface area contributed by atoms with Crippen molar-refractivity contribution >= 4 is 5.91 Å². The number of aromatic amines is 1. The summed E-state index contributed by atoms with van der Waals surface area (Å²) in [7, 11) is 3.49. The Kier molecular flexibility index (Phi) is 5.22. The molecule has 24 heavy (non-hydrogen) atoms. The Morgan fingerprint density at radius 1 is 1.42 bits per heavy atom. The van der Waals surface area contributed by atoms with Crippen LogP contribution in [0.5, 0.6) is 0 Å². The highest BCUT2D eigenvalue weighted by molar-refractivity contribution is 5.93. The number of amides is 1. The molecule has 3 heterocycles. The van der Waals surface area contributed by atoms with Gasteiger partial charge < -0.3 is 10.0 Å². The van der Waals surface area contributed by atoms with Gasteiger partial charge >= 0.3 is 0 Å². The van der Waals surface area contributed by atoms with E-state index in [-0.39, 0.29) is 18.1 Å². The molecule has 0 spiro atoms. The topological polar surface area (TPSA) is 75.7 Å². The molecule has 1 fully saturated rings. The number of carbonyl (C=O) groups excluding carboxylic acids is 1. The van der Waals surface area contributed by atoms with Crippen molar-refractivity contribution in [2.45, 2.75) is 44.9 Å². The van der Waals surface area contributed by atoms with Crippen molar-refractivity contribution in [1.29, 1.82) is 0 Å². The number of aliphatic hydroxyl groups is 1. The number of hydrogen-bond donors (Lipinski definition) is 2. The third kappa shape index (κ3) is 3.34. The third-order valence-electron chi connectivity index (χ3n) is 5.20. The Bertz CT molecular complexity index is 586. The van der Waals surface area contributed by atoms with E-state index < -0.39 is 0 Å². The van der Waals surface area contributed by atoms with Crippen LogP contribution in [0.15, 0.2) is 0 Å². The summed E-state index contributed by atoms with van der Waals surface area (Å²) in [6, 6.07) is 0.146. The zero-order chi connectivity index (χ0) is 17.3. The molecule has 0 bridgehead atoms. The number of unbranched alkanes of at least 4 members (excludes halogenated alkanes) is 1. The molecule has 1 aromatic rings. The van der Waals surface area contributed by atoms with Gasteiger partial charge in [0.25, 0.3) is 5.91 Å². The van der Waals surface area contributed by atoms with Crippen molar-refractivity contribution in [3.05, 3.63) is 17.0 Å². The lowest BCUT2D eigenvalue weighted by molar-refractivity contribution is 0.0730. The summed E-state index contributed by atoms with van der Waals surface area (Å²) in [5.74, 6) is -0.0640. The average molecular weight is 335 g/mol. The highest BCUT2D eigenvalue weighted by atomic mass is 16.3. The van der Waals surface area contributed by atoms with Crippen LogP contribution in [0.25, 0.3) is 0 Å². The average Bonchev–Trinajstić information content (AvgIpc) is 3.14. The van der Waals surface area contributed by atoms with Gasteiger partial charge in [0.15, 0.2) is 5.69 Å². The lowest BCUT2D eigenvalue weighted by Gasteiger charge is -2.33. The van der Waals surface area contributed by atoms with Crippen molar-refractivity contribution in [2.24, 2.45) is 0 Å². The molecule has 0 aliphatic carbocycles. The Balaban J connectivity index is 1.71. The molecule has 0 unspecified atom stereocenters. The summed E-state index contributed by atoms with van der Waals surface area (Å²) in [5, 5.41) is 17.8. The van der Waals surface area contributed by atoms with Gasteiger partial charge in [0.05, 0.1) is 6.10 Å². The van der Waals surface area contributed by atoms with E-state index in [1.165, 1.54) is 12.8 Å². The van der Waals surface area contributed by atoms with E-state index in [9.17, 15) is 9.90 Å². The van der Waals surface area contributed by atoms with Gasteiger partial charge in [-0.15, -0.1) is 0 Å². The number of carbonyl (C=O) groups is 1. The predicted octanol–water partition coefficient (Wildman–Crippen LogP) is 0.315. The number of hydrogen-bond acceptors (Lipinski definition) is 5. The van der Waals surface area contributed by atoms with E-state index in [0.29, 0.717) is 12.2 Å². The first-order chi connectivity index (χ1) is 11.5. The SMILES string of the molecule is CCCCN1C[C@H](O)[C@@H](N2CCc3[nH]nc(C(=O)N(C)C)c3C2)C1. The van der Waals surface area contributed by atoms with Gasteiger partial charge in [0.1, 0.15) is 0 Å². The normalized spacial score (nSPS) is 25.0. The summed E-state index contributed by atoms with van der Waals surface area (Å²) in [4.78, 5) is 18.5. The van der Waals surface area contributed by atoms with E-state index in [4.69, 9.17) is 0 Å². The fourth-order valence-corrected chi connectivity index (χ4v) is 3.76. The van der Waals surface area contributed by atoms with E-state index in [1.54, 1.807) is 19.0 Å². The largest absolute Gasteiger partial charge is 0.390 e. The predicted molar refractivity (Wildman–Crippen MR) is 91.9 cm³/mol. The molecule has 0 saturated carbocycles. The van der Waals surface area contributed by atoms with Crippen LogP contribution in [0.3, 0.4) is 0 Å². The molecule has 1 aromatic heterocycles. The molecule has 2 aliphatic rings. The van der Waals surface area contributed by atoms with Crippen LogP contribution in [0.4, 0.5) is 0 Å². The summed E-state index contributed by atoms with van der Waals surface area (Å²) < 4.78 is 0. The second kappa shape index (κ2) is 7.21. The molecule has 7 heteroatoms. The molecule has 134 valence electrons. The van der Waals surface area contributed by atoms with Gasteiger partial charge in [-0.25, -0.2) is 0 Å². The van der Waals surface area contributed by atoms with E-state index >= 15 is 0 Å².